The minimum absolute atomic E-state index is 0.656. The Morgan fingerprint density at radius 2 is 2.31 bits per heavy atom. The van der Waals surface area contributed by atoms with Crippen LogP contribution in [0.1, 0.15) is 19.0 Å². The summed E-state index contributed by atoms with van der Waals surface area (Å²) in [7, 11) is 4.16. The monoisotopic (exact) mass is 222 g/mol. The molecule has 0 aliphatic carbocycles. The Bertz CT molecular complexity index is 324. The standard InChI is InChI=1S/C12H22N4/c1-10-8-12(9-15(10)2)13-6-4-11-5-7-16(3)14-11/h5,7,10,12-13H,4,6,8-9H2,1-3H3. The molecule has 1 aliphatic heterocycles. The summed E-state index contributed by atoms with van der Waals surface area (Å²) < 4.78 is 1.86. The zero-order valence-corrected chi connectivity index (χ0v) is 10.5. The smallest absolute Gasteiger partial charge is 0.0637 e. The highest BCUT2D eigenvalue weighted by molar-refractivity contribution is 4.99. The lowest BCUT2D eigenvalue weighted by Gasteiger charge is -2.13. The van der Waals surface area contributed by atoms with Crippen LogP contribution in [0.3, 0.4) is 0 Å². The van der Waals surface area contributed by atoms with Gasteiger partial charge < -0.3 is 10.2 Å². The quantitative estimate of drug-likeness (QED) is 0.812. The zero-order valence-electron chi connectivity index (χ0n) is 10.5. The van der Waals surface area contributed by atoms with E-state index in [0.717, 1.165) is 13.0 Å². The maximum absolute atomic E-state index is 4.37. The van der Waals surface area contributed by atoms with Gasteiger partial charge in [0.25, 0.3) is 0 Å². The third-order valence-corrected chi connectivity index (χ3v) is 3.47. The van der Waals surface area contributed by atoms with Gasteiger partial charge >= 0.3 is 0 Å². The number of aryl methyl sites for hydroxylation is 1. The van der Waals surface area contributed by atoms with E-state index in [9.17, 15) is 0 Å². The summed E-state index contributed by atoms with van der Waals surface area (Å²) >= 11 is 0. The summed E-state index contributed by atoms with van der Waals surface area (Å²) in [5.74, 6) is 0. The molecule has 0 saturated carbocycles. The molecule has 4 nitrogen and oxygen atoms in total. The van der Waals surface area contributed by atoms with E-state index in [1.165, 1.54) is 18.7 Å². The van der Waals surface area contributed by atoms with Gasteiger partial charge in [-0.3, -0.25) is 4.68 Å². The molecule has 1 aromatic rings. The summed E-state index contributed by atoms with van der Waals surface area (Å²) in [6.07, 6.45) is 4.29. The normalized spacial score (nSPS) is 26.4. The molecule has 1 saturated heterocycles. The molecule has 0 bridgehead atoms. The summed E-state index contributed by atoms with van der Waals surface area (Å²) in [6.45, 7) is 4.49. The van der Waals surface area contributed by atoms with Gasteiger partial charge in [0.2, 0.25) is 0 Å². The number of nitrogens with zero attached hydrogens (tertiary/aromatic N) is 3. The molecule has 2 rings (SSSR count). The highest BCUT2D eigenvalue weighted by Gasteiger charge is 2.25. The van der Waals surface area contributed by atoms with Crippen molar-refractivity contribution in [3.05, 3.63) is 18.0 Å². The Hall–Kier alpha value is -0.870. The van der Waals surface area contributed by atoms with Crippen molar-refractivity contribution in [2.75, 3.05) is 20.1 Å². The highest BCUT2D eigenvalue weighted by atomic mass is 15.2. The highest BCUT2D eigenvalue weighted by Crippen LogP contribution is 2.14. The van der Waals surface area contributed by atoms with Gasteiger partial charge in [0, 0.05) is 44.8 Å². The maximum atomic E-state index is 4.37. The Morgan fingerprint density at radius 3 is 2.88 bits per heavy atom. The fourth-order valence-electron chi connectivity index (χ4n) is 2.34. The van der Waals surface area contributed by atoms with Gasteiger partial charge in [-0.2, -0.15) is 5.10 Å². The maximum Gasteiger partial charge on any atom is 0.0637 e. The van der Waals surface area contributed by atoms with E-state index in [4.69, 9.17) is 0 Å². The second kappa shape index (κ2) is 4.97. The van der Waals surface area contributed by atoms with Crippen LogP contribution < -0.4 is 5.32 Å². The minimum Gasteiger partial charge on any atom is -0.312 e. The third kappa shape index (κ3) is 2.83. The number of likely N-dealkylation sites (N-methyl/N-ethyl adjacent to an activating group) is 1. The fraction of sp³-hybridized carbons (Fsp3) is 0.750. The number of hydrogen-bond acceptors (Lipinski definition) is 3. The molecule has 1 aliphatic rings. The summed E-state index contributed by atoms with van der Waals surface area (Å²) in [5, 5.41) is 7.98. The van der Waals surface area contributed by atoms with Crippen LogP contribution in [-0.2, 0) is 13.5 Å². The van der Waals surface area contributed by atoms with Gasteiger partial charge in [-0.15, -0.1) is 0 Å². The van der Waals surface area contributed by atoms with Crippen LogP contribution in [0.15, 0.2) is 12.3 Å². The molecular weight excluding hydrogens is 200 g/mol. The van der Waals surface area contributed by atoms with Gasteiger partial charge in [-0.25, -0.2) is 0 Å². The van der Waals surface area contributed by atoms with Gasteiger partial charge in [0.05, 0.1) is 5.69 Å². The Morgan fingerprint density at radius 1 is 1.50 bits per heavy atom. The van der Waals surface area contributed by atoms with Crippen molar-refractivity contribution in [1.29, 1.82) is 0 Å². The number of nitrogens with one attached hydrogen (secondary N) is 1. The lowest BCUT2D eigenvalue weighted by Crippen LogP contribution is -2.33. The predicted molar refractivity (Wildman–Crippen MR) is 65.4 cm³/mol. The van der Waals surface area contributed by atoms with Crippen LogP contribution in [0.25, 0.3) is 0 Å². The van der Waals surface area contributed by atoms with Crippen LogP contribution in [0.5, 0.6) is 0 Å². The van der Waals surface area contributed by atoms with Crippen molar-refractivity contribution in [3.63, 3.8) is 0 Å². The molecule has 0 spiro atoms. The molecule has 1 fully saturated rings. The third-order valence-electron chi connectivity index (χ3n) is 3.47. The molecule has 2 atom stereocenters. The van der Waals surface area contributed by atoms with Gasteiger partial charge in [0.1, 0.15) is 0 Å². The molecule has 0 amide bonds. The number of hydrogen-bond donors (Lipinski definition) is 1. The molecule has 0 aromatic carbocycles. The SMILES string of the molecule is CC1CC(NCCc2ccn(C)n2)CN1C. The lowest BCUT2D eigenvalue weighted by molar-refractivity contribution is 0.327. The molecule has 0 radical (unpaired) electrons. The first-order valence-electron chi connectivity index (χ1n) is 6.07. The minimum atomic E-state index is 0.656. The Balaban J connectivity index is 1.69. The average molecular weight is 222 g/mol. The van der Waals surface area contributed by atoms with Gasteiger partial charge in [-0.1, -0.05) is 0 Å². The number of rotatable bonds is 4. The zero-order chi connectivity index (χ0) is 11.5. The van der Waals surface area contributed by atoms with Crippen molar-refractivity contribution in [3.8, 4) is 0 Å². The van der Waals surface area contributed by atoms with E-state index in [1.807, 2.05) is 17.9 Å². The molecule has 90 valence electrons. The van der Waals surface area contributed by atoms with Gasteiger partial charge in [-0.05, 0) is 26.5 Å². The Labute approximate surface area is 97.6 Å². The molecule has 2 heterocycles. The second-order valence-electron chi connectivity index (χ2n) is 4.91. The number of likely N-dealkylation sites (tertiary alicyclic amines) is 1. The fourth-order valence-corrected chi connectivity index (χ4v) is 2.34. The van der Waals surface area contributed by atoms with Crippen molar-refractivity contribution in [1.82, 2.24) is 20.0 Å². The van der Waals surface area contributed by atoms with Crippen LogP contribution in [-0.4, -0.2) is 46.9 Å². The first-order valence-corrected chi connectivity index (χ1v) is 6.07. The van der Waals surface area contributed by atoms with E-state index < -0.39 is 0 Å². The van der Waals surface area contributed by atoms with Crippen molar-refractivity contribution in [2.24, 2.45) is 7.05 Å². The summed E-state index contributed by atoms with van der Waals surface area (Å²) in [5.41, 5.74) is 1.18. The van der Waals surface area contributed by atoms with Crippen molar-refractivity contribution in [2.45, 2.75) is 31.8 Å². The van der Waals surface area contributed by atoms with E-state index in [0.29, 0.717) is 12.1 Å². The predicted octanol–water partition coefficient (Wildman–Crippen LogP) is 0.645. The van der Waals surface area contributed by atoms with E-state index in [2.05, 4.69) is 35.4 Å². The molecule has 1 aromatic heterocycles. The average Bonchev–Trinajstić information content (AvgIpc) is 2.75. The first-order chi connectivity index (χ1) is 7.65. The van der Waals surface area contributed by atoms with Crippen molar-refractivity contribution >= 4 is 0 Å². The first kappa shape index (κ1) is 11.6. The molecule has 16 heavy (non-hydrogen) atoms. The summed E-state index contributed by atoms with van der Waals surface area (Å²) in [4.78, 5) is 2.42. The molecule has 4 heteroatoms. The molecule has 2 unspecified atom stereocenters. The van der Waals surface area contributed by atoms with Crippen LogP contribution in [0.2, 0.25) is 0 Å². The molecular formula is C12H22N4. The largest absolute Gasteiger partial charge is 0.312 e. The van der Waals surface area contributed by atoms with Crippen LogP contribution in [0.4, 0.5) is 0 Å². The second-order valence-corrected chi connectivity index (χ2v) is 4.91. The Kier molecular flexibility index (Phi) is 3.61. The lowest BCUT2D eigenvalue weighted by atomic mass is 10.2. The number of aromatic nitrogens is 2. The van der Waals surface area contributed by atoms with E-state index in [-0.39, 0.29) is 0 Å². The van der Waals surface area contributed by atoms with E-state index in [1.54, 1.807) is 0 Å². The summed E-state index contributed by atoms with van der Waals surface area (Å²) in [6, 6.07) is 3.46. The van der Waals surface area contributed by atoms with Gasteiger partial charge in [0.15, 0.2) is 0 Å². The van der Waals surface area contributed by atoms with Crippen LogP contribution in [0, 0.1) is 0 Å². The topological polar surface area (TPSA) is 33.1 Å². The van der Waals surface area contributed by atoms with Crippen LogP contribution >= 0.6 is 0 Å². The van der Waals surface area contributed by atoms with E-state index >= 15 is 0 Å². The molecule has 1 N–H and O–H groups in total. The van der Waals surface area contributed by atoms with Crippen molar-refractivity contribution < 1.29 is 0 Å².